The average molecular weight is 466 g/mol. The molecule has 178 valence electrons. The van der Waals surface area contributed by atoms with Crippen molar-refractivity contribution in [3.05, 3.63) is 71.3 Å². The molecular formula is C25H27N3O6. The topological polar surface area (TPSA) is 103 Å². The summed E-state index contributed by atoms with van der Waals surface area (Å²) < 4.78 is 18.0. The van der Waals surface area contributed by atoms with Crippen molar-refractivity contribution in [1.29, 1.82) is 0 Å². The predicted molar refractivity (Wildman–Crippen MR) is 123 cm³/mol. The highest BCUT2D eigenvalue weighted by atomic mass is 16.5. The number of rotatable bonds is 8. The number of carboxylic acids is 1. The molecule has 1 unspecified atom stereocenters. The summed E-state index contributed by atoms with van der Waals surface area (Å²) in [6, 6.07) is 12.3. The molecule has 0 spiro atoms. The van der Waals surface area contributed by atoms with Crippen LogP contribution in [0.4, 0.5) is 0 Å². The van der Waals surface area contributed by atoms with Crippen molar-refractivity contribution in [2.45, 2.75) is 32.0 Å². The Bertz CT molecular complexity index is 1170. The van der Waals surface area contributed by atoms with Crippen LogP contribution in [0.2, 0.25) is 0 Å². The van der Waals surface area contributed by atoms with Gasteiger partial charge >= 0.3 is 5.97 Å². The van der Waals surface area contributed by atoms with Gasteiger partial charge in [-0.1, -0.05) is 30.3 Å². The van der Waals surface area contributed by atoms with Crippen molar-refractivity contribution >= 4 is 11.9 Å². The van der Waals surface area contributed by atoms with Gasteiger partial charge in [0.15, 0.2) is 11.5 Å². The van der Waals surface area contributed by atoms with Gasteiger partial charge in [0.2, 0.25) is 11.7 Å². The number of amides is 1. The average Bonchev–Trinajstić information content (AvgIpc) is 3.24. The summed E-state index contributed by atoms with van der Waals surface area (Å²) in [5, 5.41) is 9.92. The lowest BCUT2D eigenvalue weighted by atomic mass is 10.0. The Morgan fingerprint density at radius 2 is 1.71 bits per heavy atom. The zero-order valence-corrected chi connectivity index (χ0v) is 19.4. The highest BCUT2D eigenvalue weighted by Gasteiger charge is 2.37. The smallest absolute Gasteiger partial charge is 0.326 e. The SMILES string of the molecule is COc1cc(CC(=O)N2Cc3ncn(Cc4ccccc4)c3CC2C(=O)O)cc(OC)c1OC. The van der Waals surface area contributed by atoms with Crippen LogP contribution in [0.3, 0.4) is 0 Å². The summed E-state index contributed by atoms with van der Waals surface area (Å²) in [4.78, 5) is 31.3. The van der Waals surface area contributed by atoms with E-state index in [1.165, 1.54) is 26.2 Å². The second kappa shape index (κ2) is 9.86. The van der Waals surface area contributed by atoms with Crippen LogP contribution < -0.4 is 14.2 Å². The number of benzene rings is 2. The first-order valence-electron chi connectivity index (χ1n) is 10.8. The van der Waals surface area contributed by atoms with Gasteiger partial charge in [0.05, 0.1) is 46.3 Å². The normalized spacial score (nSPS) is 14.9. The van der Waals surface area contributed by atoms with E-state index in [1.807, 2.05) is 34.9 Å². The van der Waals surface area contributed by atoms with Gasteiger partial charge in [0.25, 0.3) is 0 Å². The Morgan fingerprint density at radius 3 is 2.29 bits per heavy atom. The predicted octanol–water partition coefficient (Wildman–Crippen LogP) is 2.54. The van der Waals surface area contributed by atoms with Crippen molar-refractivity contribution < 1.29 is 28.9 Å². The van der Waals surface area contributed by atoms with Gasteiger partial charge < -0.3 is 28.8 Å². The van der Waals surface area contributed by atoms with Crippen molar-refractivity contribution in [3.63, 3.8) is 0 Å². The monoisotopic (exact) mass is 465 g/mol. The lowest BCUT2D eigenvalue weighted by Gasteiger charge is -2.33. The maximum Gasteiger partial charge on any atom is 0.326 e. The summed E-state index contributed by atoms with van der Waals surface area (Å²) in [5.74, 6) is -0.0718. The molecule has 2 aromatic carbocycles. The highest BCUT2D eigenvalue weighted by molar-refractivity contribution is 5.86. The number of carboxylic acid groups (broad SMARTS) is 1. The Kier molecular flexibility index (Phi) is 6.72. The first-order valence-corrected chi connectivity index (χ1v) is 10.8. The molecule has 0 radical (unpaired) electrons. The van der Waals surface area contributed by atoms with E-state index < -0.39 is 12.0 Å². The van der Waals surface area contributed by atoms with E-state index in [1.54, 1.807) is 18.5 Å². The van der Waals surface area contributed by atoms with Gasteiger partial charge in [-0.05, 0) is 23.3 Å². The van der Waals surface area contributed by atoms with Crippen LogP contribution in [-0.2, 0) is 35.5 Å². The number of hydrogen-bond donors (Lipinski definition) is 1. The van der Waals surface area contributed by atoms with E-state index in [0.717, 1.165) is 11.3 Å². The largest absolute Gasteiger partial charge is 0.493 e. The fraction of sp³-hybridized carbons (Fsp3) is 0.320. The molecule has 1 aromatic heterocycles. The van der Waals surface area contributed by atoms with Crippen LogP contribution in [0.15, 0.2) is 48.8 Å². The summed E-state index contributed by atoms with van der Waals surface area (Å²) >= 11 is 0. The first-order chi connectivity index (χ1) is 16.4. The maximum atomic E-state index is 13.3. The number of ether oxygens (including phenoxy) is 3. The zero-order valence-electron chi connectivity index (χ0n) is 19.4. The van der Waals surface area contributed by atoms with E-state index in [2.05, 4.69) is 4.98 Å². The van der Waals surface area contributed by atoms with Gasteiger partial charge in [0.1, 0.15) is 6.04 Å². The fourth-order valence-electron chi connectivity index (χ4n) is 4.29. The third-order valence-corrected chi connectivity index (χ3v) is 6.00. The fourth-order valence-corrected chi connectivity index (χ4v) is 4.29. The van der Waals surface area contributed by atoms with E-state index in [-0.39, 0.29) is 25.3 Å². The third-order valence-electron chi connectivity index (χ3n) is 6.00. The Morgan fingerprint density at radius 1 is 1.03 bits per heavy atom. The molecule has 1 aliphatic rings. The van der Waals surface area contributed by atoms with Gasteiger partial charge in [0, 0.05) is 18.7 Å². The quantitative estimate of drug-likeness (QED) is 0.545. The van der Waals surface area contributed by atoms with E-state index in [4.69, 9.17) is 14.2 Å². The maximum absolute atomic E-state index is 13.3. The molecular weight excluding hydrogens is 438 g/mol. The molecule has 3 aromatic rings. The molecule has 34 heavy (non-hydrogen) atoms. The summed E-state index contributed by atoms with van der Waals surface area (Å²) in [6.45, 7) is 0.728. The van der Waals surface area contributed by atoms with Crippen molar-refractivity contribution in [2.75, 3.05) is 21.3 Å². The molecule has 0 fully saturated rings. The number of aromatic nitrogens is 2. The second-order valence-electron chi connectivity index (χ2n) is 8.04. The van der Waals surface area contributed by atoms with Crippen LogP contribution in [0.5, 0.6) is 17.2 Å². The minimum atomic E-state index is -1.05. The molecule has 9 nitrogen and oxygen atoms in total. The molecule has 4 rings (SSSR count). The third kappa shape index (κ3) is 4.54. The molecule has 1 aliphatic heterocycles. The molecule has 0 aliphatic carbocycles. The molecule has 0 saturated heterocycles. The second-order valence-corrected chi connectivity index (χ2v) is 8.04. The highest BCUT2D eigenvalue weighted by Crippen LogP contribution is 2.38. The number of methoxy groups -OCH3 is 3. The van der Waals surface area contributed by atoms with Crippen LogP contribution >= 0.6 is 0 Å². The van der Waals surface area contributed by atoms with Crippen LogP contribution in [0.1, 0.15) is 22.5 Å². The minimum absolute atomic E-state index is 0.0133. The molecule has 2 heterocycles. The first kappa shape index (κ1) is 23.2. The van der Waals surface area contributed by atoms with Gasteiger partial charge in [-0.15, -0.1) is 0 Å². The number of carbonyl (C=O) groups is 2. The van der Waals surface area contributed by atoms with Crippen molar-refractivity contribution in [2.24, 2.45) is 0 Å². The molecule has 0 saturated carbocycles. The van der Waals surface area contributed by atoms with E-state index in [9.17, 15) is 14.7 Å². The molecule has 1 amide bonds. The van der Waals surface area contributed by atoms with Crippen molar-refractivity contribution in [3.8, 4) is 17.2 Å². The lowest BCUT2D eigenvalue weighted by molar-refractivity contribution is -0.151. The Labute approximate surface area is 197 Å². The minimum Gasteiger partial charge on any atom is -0.493 e. The van der Waals surface area contributed by atoms with Crippen LogP contribution in [0, 0.1) is 0 Å². The van der Waals surface area contributed by atoms with Gasteiger partial charge in [-0.25, -0.2) is 9.78 Å². The van der Waals surface area contributed by atoms with Crippen LogP contribution in [-0.4, -0.2) is 58.8 Å². The standard InChI is InChI=1S/C25H27N3O6/c1-32-21-9-17(10-22(33-2)24(21)34-3)11-23(29)28-14-18-19(12-20(28)25(30)31)27(15-26-18)13-16-7-5-4-6-8-16/h4-10,15,20H,11-14H2,1-3H3,(H,30,31). The summed E-state index contributed by atoms with van der Waals surface area (Å²) in [6.07, 6.45) is 1.89. The zero-order chi connectivity index (χ0) is 24.2. The van der Waals surface area contributed by atoms with Gasteiger partial charge in [-0.2, -0.15) is 0 Å². The van der Waals surface area contributed by atoms with E-state index in [0.29, 0.717) is 35.1 Å². The number of imidazole rings is 1. The number of aliphatic carboxylic acids is 1. The van der Waals surface area contributed by atoms with Crippen molar-refractivity contribution in [1.82, 2.24) is 14.5 Å². The molecule has 0 bridgehead atoms. The Balaban J connectivity index is 1.58. The lowest BCUT2D eigenvalue weighted by Crippen LogP contribution is -2.49. The number of nitrogens with zero attached hydrogens (tertiary/aromatic N) is 3. The number of hydrogen-bond acceptors (Lipinski definition) is 6. The molecule has 1 N–H and O–H groups in total. The van der Waals surface area contributed by atoms with E-state index >= 15 is 0 Å². The number of carbonyl (C=O) groups excluding carboxylic acids is 1. The summed E-state index contributed by atoms with van der Waals surface area (Å²) in [5.41, 5.74) is 3.28. The Hall–Kier alpha value is -4.01. The molecule has 9 heteroatoms. The van der Waals surface area contributed by atoms with Crippen LogP contribution in [0.25, 0.3) is 0 Å². The summed E-state index contributed by atoms with van der Waals surface area (Å²) in [7, 11) is 4.51. The van der Waals surface area contributed by atoms with Gasteiger partial charge in [-0.3, -0.25) is 4.79 Å². The molecule has 1 atom stereocenters. The number of fused-ring (bicyclic) bond motifs is 1.